The second-order valence-electron chi connectivity index (χ2n) is 5.07. The molecular weight excluding hydrogens is 302 g/mol. The van der Waals surface area contributed by atoms with E-state index in [2.05, 4.69) is 5.92 Å². The number of terminal acetylenes is 1. The van der Waals surface area contributed by atoms with Gasteiger partial charge < -0.3 is 10.5 Å². The molecule has 0 saturated carbocycles. The molecule has 22 heavy (non-hydrogen) atoms. The topological polar surface area (TPSA) is 86.5 Å². The molecule has 1 aromatic rings. The second kappa shape index (κ2) is 8.44. The Morgan fingerprint density at radius 1 is 1.36 bits per heavy atom. The summed E-state index contributed by atoms with van der Waals surface area (Å²) in [4.78, 5) is 11.2. The van der Waals surface area contributed by atoms with Crippen LogP contribution >= 0.6 is 0 Å². The van der Waals surface area contributed by atoms with E-state index in [0.29, 0.717) is 6.42 Å². The summed E-state index contributed by atoms with van der Waals surface area (Å²) in [6.07, 6.45) is 8.48. The van der Waals surface area contributed by atoms with Crippen molar-refractivity contribution in [1.82, 2.24) is 0 Å². The van der Waals surface area contributed by atoms with Gasteiger partial charge in [-0.05, 0) is 30.9 Å². The zero-order valence-corrected chi connectivity index (χ0v) is 13.4. The van der Waals surface area contributed by atoms with Crippen LogP contribution in [0, 0.1) is 12.3 Å². The van der Waals surface area contributed by atoms with Gasteiger partial charge in [-0.1, -0.05) is 30.5 Å². The lowest BCUT2D eigenvalue weighted by Crippen LogP contribution is -2.35. The zero-order valence-electron chi connectivity index (χ0n) is 12.6. The minimum absolute atomic E-state index is 0.203. The lowest BCUT2D eigenvalue weighted by Gasteiger charge is -2.12. The Morgan fingerprint density at radius 3 is 2.64 bits per heavy atom. The minimum Gasteiger partial charge on any atom is -0.481 e. The van der Waals surface area contributed by atoms with Crippen molar-refractivity contribution in [2.24, 2.45) is 5.73 Å². The van der Waals surface area contributed by atoms with Gasteiger partial charge >= 0.3 is 0 Å². The Hall–Kier alpha value is -2.00. The van der Waals surface area contributed by atoms with Crippen LogP contribution in [-0.4, -0.2) is 32.4 Å². The molecule has 2 N–H and O–H groups in total. The highest BCUT2D eigenvalue weighted by Crippen LogP contribution is 2.21. The van der Waals surface area contributed by atoms with E-state index in [1.807, 2.05) is 24.3 Å². The number of para-hydroxylation sites is 1. The first-order valence-electron chi connectivity index (χ1n) is 6.98. The first kappa shape index (κ1) is 18.1. The lowest BCUT2D eigenvalue weighted by atomic mass is 10.0. The van der Waals surface area contributed by atoms with E-state index in [4.69, 9.17) is 16.9 Å². The Bertz CT molecular complexity index is 646. The molecule has 0 bridgehead atoms. The van der Waals surface area contributed by atoms with E-state index < -0.39 is 21.0 Å². The van der Waals surface area contributed by atoms with Crippen LogP contribution in [0.5, 0.6) is 5.75 Å². The average molecular weight is 323 g/mol. The number of primary amides is 1. The second-order valence-corrected chi connectivity index (χ2v) is 7.29. The van der Waals surface area contributed by atoms with E-state index in [0.717, 1.165) is 30.4 Å². The monoisotopic (exact) mass is 323 g/mol. The number of rotatable bonds is 9. The zero-order chi connectivity index (χ0) is 16.6. The maximum absolute atomic E-state index is 11.5. The molecule has 0 aliphatic rings. The number of aryl methyl sites for hydroxylation is 1. The fraction of sp³-hybridized carbons (Fsp3) is 0.438. The third-order valence-electron chi connectivity index (χ3n) is 3.28. The van der Waals surface area contributed by atoms with E-state index in [1.165, 1.54) is 0 Å². The van der Waals surface area contributed by atoms with E-state index in [-0.39, 0.29) is 13.0 Å². The standard InChI is InChI=1S/C16H21NO4S/c1-3-12-21-14-10-6-4-8-13(14)9-5-7-11-15(16(17)18)22(2,19)20/h1,4,6,8,10,15H,5,7,9,11-12H2,2H3,(H2,17,18). The predicted molar refractivity (Wildman–Crippen MR) is 86.2 cm³/mol. The SMILES string of the molecule is C#CCOc1ccccc1CCCCC(C(N)=O)S(C)(=O)=O. The number of hydrogen-bond donors (Lipinski definition) is 1. The summed E-state index contributed by atoms with van der Waals surface area (Å²) in [6.45, 7) is 0.203. The molecule has 6 heteroatoms. The highest BCUT2D eigenvalue weighted by molar-refractivity contribution is 7.92. The number of hydrogen-bond acceptors (Lipinski definition) is 4. The highest BCUT2D eigenvalue weighted by Gasteiger charge is 2.25. The molecule has 0 aliphatic heterocycles. The number of unbranched alkanes of at least 4 members (excludes halogenated alkanes) is 1. The molecule has 1 aromatic carbocycles. The number of carbonyl (C=O) groups is 1. The number of sulfone groups is 1. The number of amides is 1. The van der Waals surface area contributed by atoms with Crippen molar-refractivity contribution in [2.45, 2.75) is 30.9 Å². The number of ether oxygens (including phenoxy) is 1. The molecule has 0 aromatic heterocycles. The molecule has 1 unspecified atom stereocenters. The summed E-state index contributed by atoms with van der Waals surface area (Å²) in [5, 5.41) is -1.11. The fourth-order valence-electron chi connectivity index (χ4n) is 2.18. The third-order valence-corrected chi connectivity index (χ3v) is 4.78. The quantitative estimate of drug-likeness (QED) is 0.548. The van der Waals surface area contributed by atoms with Gasteiger partial charge in [-0.15, -0.1) is 6.42 Å². The molecule has 0 radical (unpaired) electrons. The number of nitrogens with two attached hydrogens (primary N) is 1. The summed E-state index contributed by atoms with van der Waals surface area (Å²) in [5.41, 5.74) is 6.15. The average Bonchev–Trinajstić information content (AvgIpc) is 2.44. The minimum atomic E-state index is -3.45. The summed E-state index contributed by atoms with van der Waals surface area (Å²) in [7, 11) is -3.45. The van der Waals surface area contributed by atoms with Crippen molar-refractivity contribution in [2.75, 3.05) is 12.9 Å². The lowest BCUT2D eigenvalue weighted by molar-refractivity contribution is -0.117. The van der Waals surface area contributed by atoms with Gasteiger partial charge in [-0.25, -0.2) is 8.42 Å². The first-order valence-corrected chi connectivity index (χ1v) is 8.94. The van der Waals surface area contributed by atoms with Gasteiger partial charge in [0.25, 0.3) is 0 Å². The Kier molecular flexibility index (Phi) is 6.93. The smallest absolute Gasteiger partial charge is 0.235 e. The van der Waals surface area contributed by atoms with Gasteiger partial charge in [0.05, 0.1) is 0 Å². The molecule has 120 valence electrons. The van der Waals surface area contributed by atoms with Crippen molar-refractivity contribution in [3.8, 4) is 18.1 Å². The third kappa shape index (κ3) is 5.78. The molecular formula is C16H21NO4S. The molecule has 1 amide bonds. The van der Waals surface area contributed by atoms with Gasteiger partial charge in [-0.3, -0.25) is 4.79 Å². The molecule has 5 nitrogen and oxygen atoms in total. The summed E-state index contributed by atoms with van der Waals surface area (Å²) < 4.78 is 28.4. The van der Waals surface area contributed by atoms with Crippen LogP contribution in [0.3, 0.4) is 0 Å². The normalized spacial score (nSPS) is 12.4. The van der Waals surface area contributed by atoms with Gasteiger partial charge in [0.15, 0.2) is 9.84 Å². The van der Waals surface area contributed by atoms with E-state index >= 15 is 0 Å². The van der Waals surface area contributed by atoms with Crippen molar-refractivity contribution in [1.29, 1.82) is 0 Å². The van der Waals surface area contributed by atoms with Crippen LogP contribution in [0.2, 0.25) is 0 Å². The van der Waals surface area contributed by atoms with Gasteiger partial charge in [0.2, 0.25) is 5.91 Å². The van der Waals surface area contributed by atoms with Crippen molar-refractivity contribution in [3.05, 3.63) is 29.8 Å². The summed E-state index contributed by atoms with van der Waals surface area (Å²) in [6, 6.07) is 7.55. The van der Waals surface area contributed by atoms with E-state index in [1.54, 1.807) is 0 Å². The molecule has 1 atom stereocenters. The van der Waals surface area contributed by atoms with Crippen LogP contribution in [0.4, 0.5) is 0 Å². The van der Waals surface area contributed by atoms with Gasteiger partial charge in [-0.2, -0.15) is 0 Å². The van der Waals surface area contributed by atoms with Crippen LogP contribution in [0.25, 0.3) is 0 Å². The van der Waals surface area contributed by atoms with Crippen LogP contribution in [0.15, 0.2) is 24.3 Å². The molecule has 0 aliphatic carbocycles. The van der Waals surface area contributed by atoms with Crippen molar-refractivity contribution in [3.63, 3.8) is 0 Å². The number of carbonyl (C=O) groups excluding carboxylic acids is 1. The van der Waals surface area contributed by atoms with Crippen molar-refractivity contribution >= 4 is 15.7 Å². The molecule has 0 heterocycles. The molecule has 1 rings (SSSR count). The van der Waals surface area contributed by atoms with E-state index in [9.17, 15) is 13.2 Å². The highest BCUT2D eigenvalue weighted by atomic mass is 32.2. The summed E-state index contributed by atoms with van der Waals surface area (Å²) in [5.74, 6) is 2.35. The fourth-order valence-corrected chi connectivity index (χ4v) is 3.20. The first-order chi connectivity index (χ1) is 10.4. The molecule has 0 spiro atoms. The van der Waals surface area contributed by atoms with Crippen LogP contribution < -0.4 is 10.5 Å². The van der Waals surface area contributed by atoms with Gasteiger partial charge in [0.1, 0.15) is 17.6 Å². The van der Waals surface area contributed by atoms with Crippen LogP contribution in [0.1, 0.15) is 24.8 Å². The van der Waals surface area contributed by atoms with Gasteiger partial charge in [0, 0.05) is 6.26 Å². The largest absolute Gasteiger partial charge is 0.481 e. The number of benzene rings is 1. The molecule has 0 fully saturated rings. The Labute approximate surface area is 131 Å². The maximum atomic E-state index is 11.5. The van der Waals surface area contributed by atoms with Crippen molar-refractivity contribution < 1.29 is 17.9 Å². The molecule has 0 saturated heterocycles. The Balaban J connectivity index is 2.54. The Morgan fingerprint density at radius 2 is 2.05 bits per heavy atom. The predicted octanol–water partition coefficient (Wildman–Crippen LogP) is 1.31. The summed E-state index contributed by atoms with van der Waals surface area (Å²) >= 11 is 0. The van der Waals surface area contributed by atoms with Crippen LogP contribution in [-0.2, 0) is 21.1 Å². The maximum Gasteiger partial charge on any atom is 0.235 e.